The van der Waals surface area contributed by atoms with Crippen molar-refractivity contribution in [2.24, 2.45) is 0 Å². The molecular formula is C23H15I3O2S2. The Hall–Kier alpha value is -0.630. The van der Waals surface area contributed by atoms with Crippen LogP contribution in [0.1, 0.15) is 9.67 Å². The Labute approximate surface area is 223 Å². The number of halogens is 3. The molecule has 0 spiro atoms. The van der Waals surface area contributed by atoms with Gasteiger partial charge in [-0.25, -0.2) is 4.79 Å². The molecule has 152 valence electrons. The van der Waals surface area contributed by atoms with E-state index in [-0.39, 0.29) is 5.97 Å². The van der Waals surface area contributed by atoms with Gasteiger partial charge in [-0.2, -0.15) is 10.9 Å². The molecule has 0 aliphatic rings. The van der Waals surface area contributed by atoms with E-state index in [4.69, 9.17) is 4.74 Å². The van der Waals surface area contributed by atoms with Crippen LogP contribution in [0.3, 0.4) is 0 Å². The van der Waals surface area contributed by atoms with Crippen LogP contribution in [0.15, 0.2) is 99.6 Å². The average Bonchev–Trinajstić information content (AvgIpc) is 3.04. The minimum absolute atomic E-state index is 0.300. The smallest absolute Gasteiger partial charge is 0.354 e. The van der Waals surface area contributed by atoms with Gasteiger partial charge in [-0.15, -0.1) is 11.3 Å². The van der Waals surface area contributed by atoms with Gasteiger partial charge in [-0.05, 0) is 131 Å². The summed E-state index contributed by atoms with van der Waals surface area (Å²) in [6.07, 6.45) is 0. The molecule has 30 heavy (non-hydrogen) atoms. The van der Waals surface area contributed by atoms with E-state index in [0.717, 1.165) is 10.0 Å². The van der Waals surface area contributed by atoms with E-state index in [1.807, 2.05) is 24.3 Å². The van der Waals surface area contributed by atoms with Crippen molar-refractivity contribution in [1.29, 1.82) is 0 Å². The topological polar surface area (TPSA) is 26.3 Å². The molecule has 7 heteroatoms. The largest absolute Gasteiger partial charge is 0.422 e. The van der Waals surface area contributed by atoms with E-state index in [1.54, 1.807) is 0 Å². The molecule has 0 aliphatic carbocycles. The lowest BCUT2D eigenvalue weighted by atomic mass is 10.3. The van der Waals surface area contributed by atoms with Gasteiger partial charge < -0.3 is 4.74 Å². The third kappa shape index (κ3) is 5.05. The fourth-order valence-electron chi connectivity index (χ4n) is 2.91. The summed E-state index contributed by atoms with van der Waals surface area (Å²) in [5.74, 6) is 0.264. The average molecular weight is 768 g/mol. The molecule has 1 aromatic heterocycles. The predicted octanol–water partition coefficient (Wildman–Crippen LogP) is 8.26. The maximum atomic E-state index is 12.6. The minimum atomic E-state index is -0.670. The van der Waals surface area contributed by atoms with Crippen LogP contribution in [-0.4, -0.2) is 5.97 Å². The van der Waals surface area contributed by atoms with Gasteiger partial charge in [0.1, 0.15) is 10.6 Å². The second-order valence-corrected chi connectivity index (χ2v) is 13.4. The zero-order valence-corrected chi connectivity index (χ0v) is 23.6. The molecule has 0 saturated heterocycles. The van der Waals surface area contributed by atoms with Crippen LogP contribution in [0.25, 0.3) is 0 Å². The van der Waals surface area contributed by atoms with Crippen LogP contribution in [0.5, 0.6) is 5.75 Å². The minimum Gasteiger partial charge on any atom is -0.422 e. The number of benzene rings is 3. The molecule has 0 aliphatic heterocycles. The molecule has 0 radical (unpaired) electrons. The first-order valence-corrected chi connectivity index (χ1v) is 14.3. The molecule has 1 heterocycles. The molecule has 4 aromatic rings. The summed E-state index contributed by atoms with van der Waals surface area (Å²) < 4.78 is 8.84. The van der Waals surface area contributed by atoms with Crippen LogP contribution in [0.2, 0.25) is 0 Å². The quantitative estimate of drug-likeness (QED) is 0.0959. The molecule has 0 unspecified atom stereocenters. The second-order valence-electron chi connectivity index (χ2n) is 6.22. The number of thiol groups is 1. The molecule has 0 saturated carbocycles. The molecule has 2 nitrogen and oxygen atoms in total. The fraction of sp³-hybridized carbons (Fsp3) is 0. The third-order valence-electron chi connectivity index (χ3n) is 4.28. The molecule has 0 bridgehead atoms. The van der Waals surface area contributed by atoms with Gasteiger partial charge in [-0.3, -0.25) is 0 Å². The highest BCUT2D eigenvalue weighted by Crippen LogP contribution is 2.51. The van der Waals surface area contributed by atoms with E-state index in [0.29, 0.717) is 10.6 Å². The number of carbonyl (C=O) groups is 1. The lowest BCUT2D eigenvalue weighted by molar-refractivity contribution is 0.0738. The Bertz CT molecular complexity index is 1120. The molecule has 4 rings (SSSR count). The van der Waals surface area contributed by atoms with Crippen molar-refractivity contribution >= 4 is 96.0 Å². The first-order chi connectivity index (χ1) is 14.5. The predicted molar refractivity (Wildman–Crippen MR) is 151 cm³/mol. The summed E-state index contributed by atoms with van der Waals surface area (Å²) in [5, 5.41) is 0. The summed E-state index contributed by atoms with van der Waals surface area (Å²) in [7, 11) is -0.670. The van der Waals surface area contributed by atoms with E-state index in [1.165, 1.54) is 26.0 Å². The Morgan fingerprint density at radius 2 is 1.20 bits per heavy atom. The number of thiophene rings is 1. The standard InChI is InChI=1S/C23H15I3O2S2/c24-19-20(25)22(26)29-21(19)23(27)28-15-11-13-18(14-12-15)30(16-7-3-1-4-8-16)17-9-5-2-6-10-17/h1-14,30H. The summed E-state index contributed by atoms with van der Waals surface area (Å²) in [4.78, 5) is 17.1. The molecule has 3 aromatic carbocycles. The number of hydrogen-bond acceptors (Lipinski definition) is 3. The molecule has 0 fully saturated rings. The summed E-state index contributed by atoms with van der Waals surface area (Å²) in [6.45, 7) is 0. The van der Waals surface area contributed by atoms with Crippen LogP contribution in [0, 0.1) is 10.0 Å². The van der Waals surface area contributed by atoms with Crippen molar-refractivity contribution < 1.29 is 9.53 Å². The normalized spacial score (nSPS) is 11.2. The summed E-state index contributed by atoms with van der Waals surface area (Å²) in [6, 6.07) is 29.0. The lowest BCUT2D eigenvalue weighted by Crippen LogP contribution is -2.08. The highest BCUT2D eigenvalue weighted by atomic mass is 127. The van der Waals surface area contributed by atoms with E-state index < -0.39 is 10.9 Å². The summed E-state index contributed by atoms with van der Waals surface area (Å²) >= 11 is 8.21. The van der Waals surface area contributed by atoms with E-state index in [2.05, 4.69) is 128 Å². The maximum absolute atomic E-state index is 12.6. The Morgan fingerprint density at radius 3 is 1.67 bits per heavy atom. The summed E-state index contributed by atoms with van der Waals surface area (Å²) in [5.41, 5.74) is 0. The molecule has 0 amide bonds. The van der Waals surface area contributed by atoms with Gasteiger partial charge in [0.2, 0.25) is 0 Å². The first-order valence-electron chi connectivity index (χ1n) is 8.90. The van der Waals surface area contributed by atoms with Crippen LogP contribution >= 0.6 is 90.0 Å². The van der Waals surface area contributed by atoms with Gasteiger partial charge >= 0.3 is 5.97 Å². The SMILES string of the molecule is O=C(Oc1ccc([SH](c2ccccc2)c2ccccc2)cc1)c1sc(I)c(I)c1I. The number of ether oxygens (including phenoxy) is 1. The van der Waals surface area contributed by atoms with Crippen molar-refractivity contribution in [3.8, 4) is 5.75 Å². The highest BCUT2D eigenvalue weighted by Gasteiger charge is 2.21. The van der Waals surface area contributed by atoms with Crippen molar-refractivity contribution in [3.63, 3.8) is 0 Å². The van der Waals surface area contributed by atoms with Crippen LogP contribution in [0.4, 0.5) is 0 Å². The highest BCUT2D eigenvalue weighted by molar-refractivity contribution is 14.1. The monoisotopic (exact) mass is 768 g/mol. The zero-order chi connectivity index (χ0) is 21.1. The number of hydrogen-bond donors (Lipinski definition) is 1. The fourth-order valence-corrected chi connectivity index (χ4v) is 9.12. The van der Waals surface area contributed by atoms with Gasteiger partial charge in [0, 0.05) is 0 Å². The van der Waals surface area contributed by atoms with Crippen molar-refractivity contribution in [3.05, 3.63) is 99.8 Å². The number of carbonyl (C=O) groups excluding carboxylic acids is 1. The third-order valence-corrected chi connectivity index (χ3v) is 13.8. The number of rotatable bonds is 5. The van der Waals surface area contributed by atoms with Gasteiger partial charge in [-0.1, -0.05) is 36.4 Å². The lowest BCUT2D eigenvalue weighted by Gasteiger charge is -2.23. The maximum Gasteiger partial charge on any atom is 0.354 e. The Kier molecular flexibility index (Phi) is 7.76. The first kappa shape index (κ1) is 22.6. The zero-order valence-electron chi connectivity index (χ0n) is 15.4. The van der Waals surface area contributed by atoms with Gasteiger partial charge in [0.15, 0.2) is 0 Å². The van der Waals surface area contributed by atoms with Gasteiger partial charge in [0.25, 0.3) is 0 Å². The van der Waals surface area contributed by atoms with Crippen molar-refractivity contribution in [2.45, 2.75) is 14.7 Å². The number of esters is 1. The second kappa shape index (κ2) is 10.3. The Balaban J connectivity index is 1.61. The van der Waals surface area contributed by atoms with E-state index in [9.17, 15) is 4.79 Å². The van der Waals surface area contributed by atoms with Crippen LogP contribution in [-0.2, 0) is 0 Å². The van der Waals surface area contributed by atoms with Crippen molar-refractivity contribution in [2.75, 3.05) is 0 Å². The van der Waals surface area contributed by atoms with Crippen LogP contribution < -0.4 is 4.74 Å². The van der Waals surface area contributed by atoms with E-state index >= 15 is 0 Å². The Morgan fingerprint density at radius 1 is 0.700 bits per heavy atom. The van der Waals surface area contributed by atoms with Gasteiger partial charge in [0.05, 0.1) is 10.0 Å². The molecule has 0 atom stereocenters. The molecular weight excluding hydrogens is 753 g/mol. The van der Waals surface area contributed by atoms with Crippen molar-refractivity contribution in [1.82, 2.24) is 0 Å². The molecule has 0 N–H and O–H groups in total.